The van der Waals surface area contributed by atoms with E-state index in [-0.39, 0.29) is 54.1 Å². The Hall–Kier alpha value is -3.07. The van der Waals surface area contributed by atoms with Crippen molar-refractivity contribution in [3.63, 3.8) is 0 Å². The van der Waals surface area contributed by atoms with Crippen molar-refractivity contribution in [2.75, 3.05) is 70.1 Å². The van der Waals surface area contributed by atoms with Crippen molar-refractivity contribution in [2.24, 2.45) is 0 Å². The lowest BCUT2D eigenvalue weighted by molar-refractivity contribution is -0.114. The minimum absolute atomic E-state index is 0.0442. The van der Waals surface area contributed by atoms with Crippen molar-refractivity contribution in [2.45, 2.75) is 4.90 Å². The molecule has 0 unspecified atom stereocenters. The summed E-state index contributed by atoms with van der Waals surface area (Å²) in [5, 5.41) is 2.57. The zero-order chi connectivity index (χ0) is 26.5. The van der Waals surface area contributed by atoms with Crippen LogP contribution in [0.25, 0.3) is 0 Å². The number of carbonyl (C=O) groups is 1. The number of hydrogen-bond donors (Lipinski definition) is 1. The second-order valence-electron chi connectivity index (χ2n) is 7.73. The Bertz CT molecular complexity index is 1310. The monoisotopic (exact) mass is 543 g/mol. The van der Waals surface area contributed by atoms with Gasteiger partial charge in [-0.3, -0.25) is 9.10 Å². The van der Waals surface area contributed by atoms with Gasteiger partial charge in [-0.2, -0.15) is 4.31 Å². The van der Waals surface area contributed by atoms with Gasteiger partial charge in [-0.1, -0.05) is 0 Å². The number of sulfonamides is 2. The van der Waals surface area contributed by atoms with Gasteiger partial charge in [-0.05, 0) is 30.3 Å². The quantitative estimate of drug-likeness (QED) is 0.467. The summed E-state index contributed by atoms with van der Waals surface area (Å²) in [6.07, 6.45) is 0.958. The van der Waals surface area contributed by atoms with E-state index in [4.69, 9.17) is 18.9 Å². The lowest BCUT2D eigenvalue weighted by Crippen LogP contribution is -2.40. The fourth-order valence-electron chi connectivity index (χ4n) is 3.57. The van der Waals surface area contributed by atoms with Crippen LogP contribution >= 0.6 is 0 Å². The van der Waals surface area contributed by atoms with Crippen LogP contribution in [-0.4, -0.2) is 87.5 Å². The van der Waals surface area contributed by atoms with E-state index < -0.39 is 32.5 Å². The number of carbonyl (C=O) groups excluding carboxylic acids is 1. The highest BCUT2D eigenvalue weighted by Gasteiger charge is 2.28. The average molecular weight is 544 g/mol. The fourth-order valence-corrected chi connectivity index (χ4v) is 5.87. The molecule has 0 saturated carbocycles. The van der Waals surface area contributed by atoms with Gasteiger partial charge in [0.25, 0.3) is 0 Å². The first-order valence-electron chi connectivity index (χ1n) is 10.8. The van der Waals surface area contributed by atoms with Crippen LogP contribution in [0.4, 0.5) is 11.4 Å². The van der Waals surface area contributed by atoms with E-state index in [9.17, 15) is 21.6 Å². The zero-order valence-electron chi connectivity index (χ0n) is 20.4. The smallest absolute Gasteiger partial charge is 0.245 e. The molecule has 0 radical (unpaired) electrons. The zero-order valence-corrected chi connectivity index (χ0v) is 22.0. The molecule has 12 nitrogen and oxygen atoms in total. The maximum absolute atomic E-state index is 13.0. The molecule has 0 spiro atoms. The number of amides is 1. The van der Waals surface area contributed by atoms with Crippen LogP contribution in [0.1, 0.15) is 0 Å². The van der Waals surface area contributed by atoms with E-state index in [0.717, 1.165) is 10.6 Å². The topological polar surface area (TPSA) is 141 Å². The van der Waals surface area contributed by atoms with Crippen LogP contribution in [0.15, 0.2) is 41.3 Å². The molecule has 1 fully saturated rings. The van der Waals surface area contributed by atoms with Gasteiger partial charge in [-0.25, -0.2) is 16.8 Å². The maximum atomic E-state index is 13.0. The molecule has 2 aromatic rings. The number of ether oxygens (including phenoxy) is 4. The van der Waals surface area contributed by atoms with Crippen molar-refractivity contribution >= 4 is 37.3 Å². The summed E-state index contributed by atoms with van der Waals surface area (Å²) in [6, 6.07) is 8.57. The molecule has 198 valence electrons. The molecule has 1 amide bonds. The number of nitrogens with one attached hydrogen (secondary N) is 1. The van der Waals surface area contributed by atoms with Crippen molar-refractivity contribution < 1.29 is 40.6 Å². The van der Waals surface area contributed by atoms with Crippen LogP contribution < -0.4 is 23.8 Å². The molecule has 14 heteroatoms. The first-order chi connectivity index (χ1) is 17.0. The molecule has 1 aliphatic rings. The van der Waals surface area contributed by atoms with E-state index in [2.05, 4.69) is 5.32 Å². The largest absolute Gasteiger partial charge is 0.497 e. The summed E-state index contributed by atoms with van der Waals surface area (Å²) in [6.45, 7) is 0.390. The van der Waals surface area contributed by atoms with Gasteiger partial charge in [0.15, 0.2) is 0 Å². The summed E-state index contributed by atoms with van der Waals surface area (Å²) >= 11 is 0. The minimum atomic E-state index is -3.91. The Morgan fingerprint density at radius 3 is 2.22 bits per heavy atom. The van der Waals surface area contributed by atoms with Crippen molar-refractivity contribution in [3.05, 3.63) is 36.4 Å². The van der Waals surface area contributed by atoms with Gasteiger partial charge in [0.05, 0.1) is 57.1 Å². The van der Waals surface area contributed by atoms with Crippen LogP contribution in [0, 0.1) is 0 Å². The highest BCUT2D eigenvalue weighted by Crippen LogP contribution is 2.34. The normalized spacial score (nSPS) is 14.7. The predicted octanol–water partition coefficient (Wildman–Crippen LogP) is 1.14. The summed E-state index contributed by atoms with van der Waals surface area (Å²) in [5.41, 5.74) is 0.207. The van der Waals surface area contributed by atoms with Gasteiger partial charge in [0.1, 0.15) is 23.8 Å². The van der Waals surface area contributed by atoms with Gasteiger partial charge in [0.2, 0.25) is 26.0 Å². The van der Waals surface area contributed by atoms with Gasteiger partial charge in [-0.15, -0.1) is 0 Å². The third-order valence-electron chi connectivity index (χ3n) is 5.40. The Kier molecular flexibility index (Phi) is 8.66. The van der Waals surface area contributed by atoms with Crippen molar-refractivity contribution in [3.8, 4) is 17.2 Å². The third-order valence-corrected chi connectivity index (χ3v) is 8.42. The molecule has 2 aromatic carbocycles. The number of hydrogen-bond acceptors (Lipinski definition) is 9. The molecule has 36 heavy (non-hydrogen) atoms. The number of rotatable bonds is 10. The number of morpholine rings is 1. The Morgan fingerprint density at radius 2 is 1.64 bits per heavy atom. The Balaban J connectivity index is 1.90. The summed E-state index contributed by atoms with van der Waals surface area (Å²) in [7, 11) is -3.56. The highest BCUT2D eigenvalue weighted by atomic mass is 32.2. The molecular weight excluding hydrogens is 514 g/mol. The van der Waals surface area contributed by atoms with Gasteiger partial charge >= 0.3 is 0 Å². The van der Waals surface area contributed by atoms with E-state index >= 15 is 0 Å². The minimum Gasteiger partial charge on any atom is -0.497 e. The predicted molar refractivity (Wildman–Crippen MR) is 133 cm³/mol. The fraction of sp³-hybridized carbons (Fsp3) is 0.409. The van der Waals surface area contributed by atoms with E-state index in [1.807, 2.05) is 0 Å². The molecule has 0 aliphatic carbocycles. The van der Waals surface area contributed by atoms with Crippen LogP contribution in [0.2, 0.25) is 0 Å². The molecule has 0 aromatic heterocycles. The number of methoxy groups -OCH3 is 3. The highest BCUT2D eigenvalue weighted by molar-refractivity contribution is 7.92. The average Bonchev–Trinajstić information content (AvgIpc) is 2.86. The van der Waals surface area contributed by atoms with Gasteiger partial charge in [0, 0.05) is 19.2 Å². The van der Waals surface area contributed by atoms with Crippen LogP contribution in [0.3, 0.4) is 0 Å². The van der Waals surface area contributed by atoms with E-state index in [0.29, 0.717) is 5.75 Å². The molecule has 3 rings (SSSR count). The number of nitrogens with zero attached hydrogens (tertiary/aromatic N) is 2. The molecule has 1 N–H and O–H groups in total. The van der Waals surface area contributed by atoms with Crippen LogP contribution in [-0.2, 0) is 29.6 Å². The lowest BCUT2D eigenvalue weighted by atomic mass is 10.2. The molecule has 1 saturated heterocycles. The Morgan fingerprint density at radius 1 is 0.972 bits per heavy atom. The molecule has 0 atom stereocenters. The molecule has 1 aliphatic heterocycles. The summed E-state index contributed by atoms with van der Waals surface area (Å²) in [5.74, 6) is 0.106. The number of anilines is 2. The first-order valence-corrected chi connectivity index (χ1v) is 14.1. The van der Waals surface area contributed by atoms with Crippen LogP contribution in [0.5, 0.6) is 17.2 Å². The molecule has 1 heterocycles. The maximum Gasteiger partial charge on any atom is 0.245 e. The lowest BCUT2D eigenvalue weighted by Gasteiger charge is -2.26. The number of benzene rings is 2. The van der Waals surface area contributed by atoms with E-state index in [1.165, 1.54) is 62.0 Å². The second-order valence-corrected chi connectivity index (χ2v) is 11.6. The second kappa shape index (κ2) is 11.3. The molecule has 0 bridgehead atoms. The van der Waals surface area contributed by atoms with Crippen molar-refractivity contribution in [1.82, 2.24) is 4.31 Å². The summed E-state index contributed by atoms with van der Waals surface area (Å²) in [4.78, 5) is 12.9. The SMILES string of the molecule is COc1ccc(N(CC(=O)Nc2cc(S(=O)(=O)N3CCOCC3)ccc2OC)S(C)(=O)=O)c(OC)c1. The molecular formula is C22H29N3O9S2. The first kappa shape index (κ1) is 27.5. The standard InChI is InChI=1S/C22H29N3O9S2/c1-31-16-5-7-19(21(13-16)33-3)25(35(4,27)28)15-22(26)23-18-14-17(6-8-20(18)32-2)36(29,30)24-9-11-34-12-10-24/h5-8,13-14H,9-12,15H2,1-4H3,(H,23,26). The summed E-state index contributed by atoms with van der Waals surface area (Å²) < 4.78 is 74.3. The van der Waals surface area contributed by atoms with E-state index in [1.54, 1.807) is 0 Å². The van der Waals surface area contributed by atoms with Crippen molar-refractivity contribution in [1.29, 1.82) is 0 Å². The third kappa shape index (κ3) is 6.19. The van der Waals surface area contributed by atoms with Gasteiger partial charge < -0.3 is 24.3 Å². The Labute approximate surface area is 210 Å².